The maximum absolute atomic E-state index is 13.8. The predicted molar refractivity (Wildman–Crippen MR) is 122 cm³/mol. The van der Waals surface area contributed by atoms with E-state index >= 15 is 0 Å². The Morgan fingerprint density at radius 1 is 1.00 bits per heavy atom. The Morgan fingerprint density at radius 2 is 1.77 bits per heavy atom. The molecular weight excluding hydrogens is 462 g/mol. The summed E-state index contributed by atoms with van der Waals surface area (Å²) >= 11 is 0. The standard InChI is InChI=1S/C26H29F4N3O2/c27-20-7-5-19(6-8-20)24-22-4-2-1-3-18(22)9-12-33(24)25(34)23-10-11-32-14-13-31(17-26(28,29)30)15-21(32)16-35-23/h1-8,21,23-24H,9-17H2/t21-,23+,24-/m0/s1. The number of rotatable bonds is 3. The second kappa shape index (κ2) is 9.87. The van der Waals surface area contributed by atoms with E-state index in [9.17, 15) is 22.4 Å². The predicted octanol–water partition coefficient (Wildman–Crippen LogP) is 3.64. The number of hydrogen-bond donors (Lipinski definition) is 0. The van der Waals surface area contributed by atoms with Crippen molar-refractivity contribution in [3.8, 4) is 0 Å². The van der Waals surface area contributed by atoms with Crippen LogP contribution in [-0.2, 0) is 16.0 Å². The lowest BCUT2D eigenvalue weighted by molar-refractivity contribution is -0.153. The lowest BCUT2D eigenvalue weighted by atomic mass is 9.87. The lowest BCUT2D eigenvalue weighted by Gasteiger charge is -2.40. The summed E-state index contributed by atoms with van der Waals surface area (Å²) in [6.07, 6.45) is -3.69. The fourth-order valence-electron chi connectivity index (χ4n) is 5.59. The number of alkyl halides is 3. The van der Waals surface area contributed by atoms with Gasteiger partial charge in [0.1, 0.15) is 11.9 Å². The Balaban J connectivity index is 1.33. The summed E-state index contributed by atoms with van der Waals surface area (Å²) in [5.41, 5.74) is 3.02. The van der Waals surface area contributed by atoms with E-state index in [0.29, 0.717) is 39.0 Å². The number of carbonyl (C=O) groups excluding carboxylic acids is 1. The molecule has 9 heteroatoms. The molecule has 2 aromatic carbocycles. The van der Waals surface area contributed by atoms with E-state index in [0.717, 1.165) is 16.7 Å². The second-order valence-corrected chi connectivity index (χ2v) is 9.59. The van der Waals surface area contributed by atoms with Gasteiger partial charge in [-0.25, -0.2) is 4.39 Å². The summed E-state index contributed by atoms with van der Waals surface area (Å²) in [7, 11) is 0. The van der Waals surface area contributed by atoms with Crippen LogP contribution in [0.2, 0.25) is 0 Å². The molecule has 0 aliphatic carbocycles. The molecule has 0 aromatic heterocycles. The fraction of sp³-hybridized carbons (Fsp3) is 0.500. The monoisotopic (exact) mass is 491 g/mol. The molecule has 2 saturated heterocycles. The van der Waals surface area contributed by atoms with Crippen LogP contribution < -0.4 is 0 Å². The van der Waals surface area contributed by atoms with Crippen LogP contribution in [-0.4, -0.2) is 84.8 Å². The minimum Gasteiger partial charge on any atom is -0.367 e. The van der Waals surface area contributed by atoms with Gasteiger partial charge in [-0.2, -0.15) is 13.2 Å². The van der Waals surface area contributed by atoms with Crippen molar-refractivity contribution in [2.75, 3.05) is 45.9 Å². The molecule has 2 aromatic rings. The van der Waals surface area contributed by atoms with Crippen molar-refractivity contribution < 1.29 is 27.1 Å². The van der Waals surface area contributed by atoms with Crippen molar-refractivity contribution >= 4 is 5.91 Å². The first-order chi connectivity index (χ1) is 16.8. The average Bonchev–Trinajstić information content (AvgIpc) is 3.05. The van der Waals surface area contributed by atoms with Gasteiger partial charge in [0.15, 0.2) is 0 Å². The number of hydrogen-bond acceptors (Lipinski definition) is 4. The molecule has 0 spiro atoms. The van der Waals surface area contributed by atoms with Gasteiger partial charge in [-0.3, -0.25) is 14.6 Å². The van der Waals surface area contributed by atoms with Gasteiger partial charge in [0.2, 0.25) is 0 Å². The SMILES string of the molecule is O=C([C@H]1CCN2CCN(CC(F)(F)F)C[C@H]2CO1)N1CCc2ccccc2[C@@H]1c1ccc(F)cc1. The maximum Gasteiger partial charge on any atom is 0.401 e. The fourth-order valence-corrected chi connectivity index (χ4v) is 5.59. The van der Waals surface area contributed by atoms with E-state index in [2.05, 4.69) is 11.0 Å². The summed E-state index contributed by atoms with van der Waals surface area (Å²) < 4.78 is 58.3. The highest BCUT2D eigenvalue weighted by molar-refractivity contribution is 5.82. The summed E-state index contributed by atoms with van der Waals surface area (Å²) in [5, 5.41) is 0. The molecule has 1 amide bonds. The Morgan fingerprint density at radius 3 is 2.54 bits per heavy atom. The van der Waals surface area contributed by atoms with Crippen molar-refractivity contribution in [3.63, 3.8) is 0 Å². The van der Waals surface area contributed by atoms with Crippen LogP contribution >= 0.6 is 0 Å². The molecule has 5 nitrogen and oxygen atoms in total. The largest absolute Gasteiger partial charge is 0.401 e. The minimum absolute atomic E-state index is 0.124. The lowest BCUT2D eigenvalue weighted by Crippen LogP contribution is -2.55. The van der Waals surface area contributed by atoms with Gasteiger partial charge in [-0.1, -0.05) is 36.4 Å². The average molecular weight is 492 g/mol. The van der Waals surface area contributed by atoms with Crippen LogP contribution in [0, 0.1) is 5.82 Å². The summed E-state index contributed by atoms with van der Waals surface area (Å²) in [5.74, 6) is -0.458. The summed E-state index contributed by atoms with van der Waals surface area (Å²) in [6.45, 7) is 1.57. The number of carbonyl (C=O) groups is 1. The third-order valence-corrected chi connectivity index (χ3v) is 7.29. The highest BCUT2D eigenvalue weighted by atomic mass is 19.4. The molecule has 0 radical (unpaired) electrons. The Bertz CT molecular complexity index is 1050. The first-order valence-electron chi connectivity index (χ1n) is 12.1. The molecule has 188 valence electrons. The molecule has 0 saturated carbocycles. The molecule has 3 atom stereocenters. The Labute approximate surface area is 202 Å². The number of fused-ring (bicyclic) bond motifs is 2. The highest BCUT2D eigenvalue weighted by Gasteiger charge is 2.40. The molecule has 5 rings (SSSR count). The van der Waals surface area contributed by atoms with Gasteiger partial charge in [0, 0.05) is 38.8 Å². The van der Waals surface area contributed by atoms with Crippen LogP contribution in [0.5, 0.6) is 0 Å². The number of nitrogens with zero attached hydrogens (tertiary/aromatic N) is 3. The van der Waals surface area contributed by atoms with Crippen molar-refractivity contribution in [2.24, 2.45) is 0 Å². The van der Waals surface area contributed by atoms with Gasteiger partial charge in [0.25, 0.3) is 5.91 Å². The number of piperazine rings is 1. The van der Waals surface area contributed by atoms with Gasteiger partial charge in [-0.15, -0.1) is 0 Å². The first-order valence-corrected chi connectivity index (χ1v) is 12.1. The van der Waals surface area contributed by atoms with E-state index in [1.165, 1.54) is 17.0 Å². The van der Waals surface area contributed by atoms with Gasteiger partial charge in [0.05, 0.1) is 19.2 Å². The van der Waals surface area contributed by atoms with E-state index in [-0.39, 0.29) is 37.0 Å². The van der Waals surface area contributed by atoms with Crippen molar-refractivity contribution in [2.45, 2.75) is 37.2 Å². The third-order valence-electron chi connectivity index (χ3n) is 7.29. The van der Waals surface area contributed by atoms with Gasteiger partial charge >= 0.3 is 6.18 Å². The zero-order valence-electron chi connectivity index (χ0n) is 19.4. The number of amides is 1. The normalized spacial score (nSPS) is 26.1. The Kier molecular flexibility index (Phi) is 6.83. The molecule has 3 aliphatic rings. The van der Waals surface area contributed by atoms with Crippen molar-refractivity contribution in [1.82, 2.24) is 14.7 Å². The topological polar surface area (TPSA) is 36.0 Å². The molecule has 35 heavy (non-hydrogen) atoms. The van der Waals surface area contributed by atoms with Crippen LogP contribution in [0.15, 0.2) is 48.5 Å². The molecule has 3 heterocycles. The van der Waals surface area contributed by atoms with E-state index in [1.54, 1.807) is 12.1 Å². The van der Waals surface area contributed by atoms with Crippen LogP contribution in [0.1, 0.15) is 29.2 Å². The Hall–Kier alpha value is -2.49. The second-order valence-electron chi connectivity index (χ2n) is 9.59. The zero-order chi connectivity index (χ0) is 24.6. The number of ether oxygens (including phenoxy) is 1. The molecule has 0 N–H and O–H groups in total. The quantitative estimate of drug-likeness (QED) is 0.615. The van der Waals surface area contributed by atoms with Crippen molar-refractivity contribution in [1.29, 1.82) is 0 Å². The molecule has 0 bridgehead atoms. The van der Waals surface area contributed by atoms with E-state index < -0.39 is 18.8 Å². The highest BCUT2D eigenvalue weighted by Crippen LogP contribution is 2.36. The van der Waals surface area contributed by atoms with Crippen LogP contribution in [0.25, 0.3) is 0 Å². The minimum atomic E-state index is -4.23. The smallest absolute Gasteiger partial charge is 0.367 e. The summed E-state index contributed by atoms with van der Waals surface area (Å²) in [6, 6.07) is 13.7. The van der Waals surface area contributed by atoms with E-state index in [1.807, 2.05) is 23.1 Å². The van der Waals surface area contributed by atoms with E-state index in [4.69, 9.17) is 4.74 Å². The number of halogens is 4. The van der Waals surface area contributed by atoms with Gasteiger partial charge < -0.3 is 9.64 Å². The first kappa shape index (κ1) is 24.2. The maximum atomic E-state index is 13.8. The molecule has 0 unspecified atom stereocenters. The van der Waals surface area contributed by atoms with Crippen LogP contribution in [0.4, 0.5) is 17.6 Å². The third kappa shape index (κ3) is 5.37. The zero-order valence-corrected chi connectivity index (χ0v) is 19.4. The summed E-state index contributed by atoms with van der Waals surface area (Å²) in [4.78, 5) is 19.2. The van der Waals surface area contributed by atoms with Gasteiger partial charge in [-0.05, 0) is 41.7 Å². The van der Waals surface area contributed by atoms with Crippen LogP contribution in [0.3, 0.4) is 0 Å². The number of benzene rings is 2. The molecule has 3 aliphatic heterocycles. The van der Waals surface area contributed by atoms with Crippen molar-refractivity contribution in [3.05, 3.63) is 71.0 Å². The molecular formula is C26H29F4N3O2. The molecule has 2 fully saturated rings.